The summed E-state index contributed by atoms with van der Waals surface area (Å²) >= 11 is 0. The quantitative estimate of drug-likeness (QED) is 0.225. The van der Waals surface area contributed by atoms with Crippen molar-refractivity contribution in [3.8, 4) is 5.75 Å². The minimum Gasteiger partial charge on any atom is -0.493 e. The van der Waals surface area contributed by atoms with Gasteiger partial charge in [-0.25, -0.2) is 9.38 Å². The molecule has 0 saturated carbocycles. The highest BCUT2D eigenvalue weighted by atomic mass is 19.1. The Hall–Kier alpha value is -3.15. The van der Waals surface area contributed by atoms with Crippen LogP contribution in [-0.2, 0) is 11.2 Å². The van der Waals surface area contributed by atoms with Gasteiger partial charge in [0.25, 0.3) is 0 Å². The summed E-state index contributed by atoms with van der Waals surface area (Å²) in [6, 6.07) is 12.9. The summed E-state index contributed by atoms with van der Waals surface area (Å²) in [6.45, 7) is 8.53. The van der Waals surface area contributed by atoms with Gasteiger partial charge in [0.2, 0.25) is 0 Å². The van der Waals surface area contributed by atoms with Crippen LogP contribution in [0.25, 0.3) is 0 Å². The first-order valence-corrected chi connectivity index (χ1v) is 11.6. The third kappa shape index (κ3) is 6.67. The fourth-order valence-corrected chi connectivity index (χ4v) is 4.14. The molecule has 0 amide bonds. The molecule has 0 radical (unpaired) electrons. The number of rotatable bonds is 8. The van der Waals surface area contributed by atoms with E-state index in [1.807, 2.05) is 25.8 Å². The van der Waals surface area contributed by atoms with Crippen molar-refractivity contribution in [2.24, 2.45) is 10.9 Å². The molecule has 0 atom stereocenters. The topological polar surface area (TPSA) is 45.1 Å². The monoisotopic (exact) mass is 451 g/mol. The summed E-state index contributed by atoms with van der Waals surface area (Å²) in [5.74, 6) is 1.64. The molecule has 0 spiro atoms. The zero-order chi connectivity index (χ0) is 23.8. The third-order valence-corrected chi connectivity index (χ3v) is 6.20. The van der Waals surface area contributed by atoms with Crippen LogP contribution in [0, 0.1) is 11.7 Å². The number of aldehydes is 1. The van der Waals surface area contributed by atoms with Crippen LogP contribution in [0.5, 0.6) is 5.75 Å². The van der Waals surface area contributed by atoms with Gasteiger partial charge in [0.05, 0.1) is 6.61 Å². The van der Waals surface area contributed by atoms with E-state index in [2.05, 4.69) is 35.0 Å². The molecule has 6 heteroatoms. The smallest absolute Gasteiger partial charge is 0.144 e. The normalized spacial score (nSPS) is 15.5. The largest absolute Gasteiger partial charge is 0.493 e. The summed E-state index contributed by atoms with van der Waals surface area (Å²) in [5.41, 5.74) is 4.35. The number of carbonyl (C=O) groups excluding carboxylic acids is 1. The molecular weight excluding hydrogens is 417 g/mol. The van der Waals surface area contributed by atoms with Crippen molar-refractivity contribution in [2.75, 3.05) is 36.5 Å². The first-order chi connectivity index (χ1) is 15.9. The van der Waals surface area contributed by atoms with Crippen LogP contribution in [-0.4, -0.2) is 38.9 Å². The molecule has 0 unspecified atom stereocenters. The number of aryl methyl sites for hydroxylation is 1. The van der Waals surface area contributed by atoms with Crippen molar-refractivity contribution < 1.29 is 13.9 Å². The second-order valence-electron chi connectivity index (χ2n) is 8.53. The third-order valence-electron chi connectivity index (χ3n) is 6.20. The van der Waals surface area contributed by atoms with Crippen molar-refractivity contribution in [3.63, 3.8) is 0 Å². The molecular formula is C27H34FN3O2. The molecule has 2 aromatic rings. The number of ether oxygens (including phenoxy) is 1. The number of aliphatic imine (C=N–C) groups is 1. The number of halogens is 1. The second-order valence-corrected chi connectivity index (χ2v) is 8.53. The number of nitrogens with zero attached hydrogens (tertiary/aromatic N) is 3. The standard InChI is InChI=1S/C27H34FN3O2/c1-5-23-17-25(30(4)21(3)29-20(2)13-16-32)9-10-27(23)31-14-11-22(12-15-31)19-33-26-8-6-7-24(28)18-26/h6-10,13,16-18,22H,5,11-12,14-15,19H2,1-4H3/b20-13-,29-21?. The van der Waals surface area contributed by atoms with Gasteiger partial charge in [-0.05, 0) is 81.0 Å². The number of amidine groups is 1. The van der Waals surface area contributed by atoms with Gasteiger partial charge in [-0.2, -0.15) is 0 Å². The van der Waals surface area contributed by atoms with Crippen molar-refractivity contribution in [1.29, 1.82) is 0 Å². The average Bonchev–Trinajstić information content (AvgIpc) is 2.82. The highest BCUT2D eigenvalue weighted by molar-refractivity contribution is 5.96. The fraction of sp³-hybridized carbons (Fsp3) is 0.407. The molecule has 1 aliphatic rings. The highest BCUT2D eigenvalue weighted by Gasteiger charge is 2.22. The zero-order valence-electron chi connectivity index (χ0n) is 20.1. The fourth-order valence-electron chi connectivity index (χ4n) is 4.14. The van der Waals surface area contributed by atoms with E-state index in [0.29, 0.717) is 24.0 Å². The second kappa shape index (κ2) is 11.6. The van der Waals surface area contributed by atoms with Crippen LogP contribution < -0.4 is 14.5 Å². The molecule has 5 nitrogen and oxygen atoms in total. The minimum absolute atomic E-state index is 0.266. The Kier molecular flexibility index (Phi) is 8.64. The van der Waals surface area contributed by atoms with Gasteiger partial charge in [-0.3, -0.25) is 4.79 Å². The predicted octanol–water partition coefficient (Wildman–Crippen LogP) is 5.64. The lowest BCUT2D eigenvalue weighted by Gasteiger charge is -2.35. The average molecular weight is 452 g/mol. The Bertz CT molecular complexity index is 1010. The van der Waals surface area contributed by atoms with Gasteiger partial charge >= 0.3 is 0 Å². The van der Waals surface area contributed by atoms with Crippen LogP contribution >= 0.6 is 0 Å². The lowest BCUT2D eigenvalue weighted by molar-refractivity contribution is -0.104. The molecule has 0 N–H and O–H groups in total. The Labute approximate surface area is 196 Å². The van der Waals surface area contributed by atoms with Crippen LogP contribution in [0.4, 0.5) is 15.8 Å². The number of anilines is 2. The molecule has 1 heterocycles. The van der Waals surface area contributed by atoms with E-state index in [0.717, 1.165) is 50.2 Å². The molecule has 3 rings (SSSR count). The number of allylic oxidation sites excluding steroid dienone is 2. The maximum absolute atomic E-state index is 13.3. The van der Waals surface area contributed by atoms with Crippen LogP contribution in [0.3, 0.4) is 0 Å². The molecule has 1 saturated heterocycles. The number of hydrogen-bond donors (Lipinski definition) is 0. The van der Waals surface area contributed by atoms with Gasteiger partial charge in [0.15, 0.2) is 0 Å². The van der Waals surface area contributed by atoms with Crippen molar-refractivity contribution in [3.05, 3.63) is 65.6 Å². The summed E-state index contributed by atoms with van der Waals surface area (Å²) in [6.07, 6.45) is 5.26. The van der Waals surface area contributed by atoms with E-state index in [1.165, 1.54) is 29.5 Å². The minimum atomic E-state index is -0.266. The molecule has 33 heavy (non-hydrogen) atoms. The Balaban J connectivity index is 1.62. The highest BCUT2D eigenvalue weighted by Crippen LogP contribution is 2.30. The maximum Gasteiger partial charge on any atom is 0.144 e. The summed E-state index contributed by atoms with van der Waals surface area (Å²) < 4.78 is 19.2. The van der Waals surface area contributed by atoms with Crippen LogP contribution in [0.2, 0.25) is 0 Å². The van der Waals surface area contributed by atoms with Crippen LogP contribution in [0.15, 0.2) is 59.2 Å². The van der Waals surface area contributed by atoms with E-state index in [9.17, 15) is 9.18 Å². The Morgan fingerprint density at radius 2 is 1.97 bits per heavy atom. The summed E-state index contributed by atoms with van der Waals surface area (Å²) in [5, 5.41) is 0. The molecule has 176 valence electrons. The van der Waals surface area contributed by atoms with Gasteiger partial charge in [0.1, 0.15) is 23.7 Å². The van der Waals surface area contributed by atoms with E-state index < -0.39 is 0 Å². The molecule has 2 aromatic carbocycles. The Morgan fingerprint density at radius 3 is 2.64 bits per heavy atom. The summed E-state index contributed by atoms with van der Waals surface area (Å²) in [7, 11) is 1.99. The molecule has 0 bridgehead atoms. The van der Waals surface area contributed by atoms with Gasteiger partial charge in [-0.15, -0.1) is 0 Å². The number of piperidine rings is 1. The molecule has 1 fully saturated rings. The van der Waals surface area contributed by atoms with Crippen molar-refractivity contribution in [2.45, 2.75) is 40.0 Å². The lowest BCUT2D eigenvalue weighted by Crippen LogP contribution is -2.36. The van der Waals surface area contributed by atoms with E-state index >= 15 is 0 Å². The predicted molar refractivity (Wildman–Crippen MR) is 134 cm³/mol. The first-order valence-electron chi connectivity index (χ1n) is 11.6. The lowest BCUT2D eigenvalue weighted by atomic mass is 9.96. The first kappa shape index (κ1) is 24.5. The van der Waals surface area contributed by atoms with Crippen LogP contribution in [0.1, 0.15) is 39.2 Å². The molecule has 0 aliphatic carbocycles. The van der Waals surface area contributed by atoms with E-state index in [4.69, 9.17) is 4.74 Å². The maximum atomic E-state index is 13.3. The van der Waals surface area contributed by atoms with Crippen molar-refractivity contribution >= 4 is 23.5 Å². The zero-order valence-corrected chi connectivity index (χ0v) is 20.1. The molecule has 1 aliphatic heterocycles. The number of carbonyl (C=O) groups is 1. The van der Waals surface area contributed by atoms with E-state index in [-0.39, 0.29) is 5.82 Å². The summed E-state index contributed by atoms with van der Waals surface area (Å²) in [4.78, 5) is 19.7. The SMILES string of the molecule is CCc1cc(N(C)C(C)=N/C(C)=C\C=O)ccc1N1CCC(COc2cccc(F)c2)CC1. The van der Waals surface area contributed by atoms with E-state index in [1.54, 1.807) is 12.1 Å². The van der Waals surface area contributed by atoms with Gasteiger partial charge < -0.3 is 14.5 Å². The van der Waals surface area contributed by atoms with Gasteiger partial charge in [0, 0.05) is 43.3 Å². The van der Waals surface area contributed by atoms with Gasteiger partial charge in [-0.1, -0.05) is 13.0 Å². The number of hydrogen-bond acceptors (Lipinski definition) is 4. The molecule has 0 aromatic heterocycles. The Morgan fingerprint density at radius 1 is 1.21 bits per heavy atom. The van der Waals surface area contributed by atoms with Crippen molar-refractivity contribution in [1.82, 2.24) is 0 Å². The number of benzene rings is 2.